The molecule has 0 aliphatic carbocycles. The van der Waals surface area contributed by atoms with Crippen LogP contribution in [-0.2, 0) is 6.42 Å². The van der Waals surface area contributed by atoms with E-state index in [1.165, 1.54) is 0 Å². The average Bonchev–Trinajstić information content (AvgIpc) is 2.61. The molecule has 0 amide bonds. The lowest BCUT2D eigenvalue weighted by Crippen LogP contribution is -1.95. The summed E-state index contributed by atoms with van der Waals surface area (Å²) in [5.74, 6) is 1.75. The van der Waals surface area contributed by atoms with E-state index < -0.39 is 0 Å². The fourth-order valence-corrected chi connectivity index (χ4v) is 1.49. The molecule has 0 bridgehead atoms. The maximum absolute atomic E-state index is 4.50. The number of para-hydroxylation sites is 2. The third-order valence-corrected chi connectivity index (χ3v) is 2.04. The van der Waals surface area contributed by atoms with Crippen molar-refractivity contribution in [2.24, 2.45) is 5.92 Å². The van der Waals surface area contributed by atoms with E-state index in [0.29, 0.717) is 5.92 Å². The van der Waals surface area contributed by atoms with Crippen LogP contribution in [-0.4, -0.2) is 9.97 Å². The Hall–Kier alpha value is -1.31. The van der Waals surface area contributed by atoms with Crippen molar-refractivity contribution in [3.63, 3.8) is 0 Å². The zero-order valence-corrected chi connectivity index (χ0v) is 10.0. The Labute approximate surface area is 91.7 Å². The minimum absolute atomic E-state index is 0.653. The molecular weight excluding hydrogens is 184 g/mol. The molecule has 0 spiro atoms. The number of nitrogens with zero attached hydrogens (tertiary/aromatic N) is 1. The first kappa shape index (κ1) is 11.8. The van der Waals surface area contributed by atoms with Gasteiger partial charge in [0.05, 0.1) is 11.0 Å². The number of nitrogens with one attached hydrogen (secondary N) is 1. The highest BCUT2D eigenvalue weighted by atomic mass is 14.9. The van der Waals surface area contributed by atoms with E-state index in [2.05, 4.69) is 29.9 Å². The van der Waals surface area contributed by atoms with Gasteiger partial charge in [-0.2, -0.15) is 0 Å². The first-order valence-corrected chi connectivity index (χ1v) is 5.69. The summed E-state index contributed by atoms with van der Waals surface area (Å²) in [4.78, 5) is 7.81. The normalized spacial score (nSPS) is 10.2. The zero-order valence-electron chi connectivity index (χ0n) is 10.0. The van der Waals surface area contributed by atoms with E-state index in [9.17, 15) is 0 Å². The van der Waals surface area contributed by atoms with Crippen molar-refractivity contribution >= 4 is 11.0 Å². The smallest absolute Gasteiger partial charge is 0.107 e. The second kappa shape index (κ2) is 5.54. The number of fused-ring (bicyclic) bond motifs is 1. The summed E-state index contributed by atoms with van der Waals surface area (Å²) in [6.07, 6.45) is 1.02. The molecular formula is C13H20N2. The topological polar surface area (TPSA) is 28.7 Å². The second-order valence-electron chi connectivity index (χ2n) is 3.80. The van der Waals surface area contributed by atoms with Gasteiger partial charge >= 0.3 is 0 Å². The van der Waals surface area contributed by atoms with Crippen LogP contribution in [0.25, 0.3) is 11.0 Å². The third-order valence-electron chi connectivity index (χ3n) is 2.04. The van der Waals surface area contributed by atoms with Crippen LogP contribution >= 0.6 is 0 Å². The fraction of sp³-hybridized carbons (Fsp3) is 0.462. The Morgan fingerprint density at radius 1 is 1.20 bits per heavy atom. The van der Waals surface area contributed by atoms with Crippen molar-refractivity contribution in [1.82, 2.24) is 9.97 Å². The van der Waals surface area contributed by atoms with Crippen LogP contribution in [0.4, 0.5) is 0 Å². The number of aromatic amines is 1. The molecule has 15 heavy (non-hydrogen) atoms. The molecule has 0 fully saturated rings. The lowest BCUT2D eigenvalue weighted by atomic mass is 10.1. The van der Waals surface area contributed by atoms with Gasteiger partial charge < -0.3 is 4.98 Å². The van der Waals surface area contributed by atoms with Gasteiger partial charge in [-0.05, 0) is 18.1 Å². The molecule has 1 aromatic carbocycles. The van der Waals surface area contributed by atoms with Crippen molar-refractivity contribution in [2.75, 3.05) is 0 Å². The number of rotatable bonds is 2. The number of H-pyrrole nitrogens is 1. The monoisotopic (exact) mass is 204 g/mol. The van der Waals surface area contributed by atoms with Gasteiger partial charge in [0.25, 0.3) is 0 Å². The minimum Gasteiger partial charge on any atom is -0.342 e. The van der Waals surface area contributed by atoms with Gasteiger partial charge in [0.2, 0.25) is 0 Å². The third kappa shape index (κ3) is 3.08. The molecule has 1 aromatic heterocycles. The van der Waals surface area contributed by atoms with Gasteiger partial charge in [-0.3, -0.25) is 0 Å². The molecule has 0 aliphatic heterocycles. The van der Waals surface area contributed by atoms with E-state index in [1.807, 2.05) is 32.0 Å². The van der Waals surface area contributed by atoms with Crippen molar-refractivity contribution in [3.8, 4) is 0 Å². The second-order valence-corrected chi connectivity index (χ2v) is 3.80. The van der Waals surface area contributed by atoms with Gasteiger partial charge in [-0.1, -0.05) is 39.8 Å². The molecule has 2 heteroatoms. The highest BCUT2D eigenvalue weighted by Gasteiger charge is 2.03. The zero-order chi connectivity index (χ0) is 11.3. The Balaban J connectivity index is 0.000000531. The van der Waals surface area contributed by atoms with Crippen LogP contribution in [0.5, 0.6) is 0 Å². The van der Waals surface area contributed by atoms with Crippen molar-refractivity contribution < 1.29 is 0 Å². The number of hydrogen-bond donors (Lipinski definition) is 1. The van der Waals surface area contributed by atoms with E-state index in [-0.39, 0.29) is 0 Å². The van der Waals surface area contributed by atoms with Crippen molar-refractivity contribution in [3.05, 3.63) is 30.1 Å². The van der Waals surface area contributed by atoms with E-state index in [0.717, 1.165) is 23.3 Å². The molecule has 0 saturated heterocycles. The predicted molar refractivity (Wildman–Crippen MR) is 66.0 cm³/mol. The number of imidazole rings is 1. The molecule has 0 atom stereocenters. The van der Waals surface area contributed by atoms with Crippen molar-refractivity contribution in [1.29, 1.82) is 0 Å². The Kier molecular flexibility index (Phi) is 4.35. The SMILES string of the molecule is CC.CC(C)Cc1nc2ccccc2[nH]1. The Morgan fingerprint density at radius 2 is 1.87 bits per heavy atom. The lowest BCUT2D eigenvalue weighted by Gasteiger charge is -1.98. The van der Waals surface area contributed by atoms with Crippen LogP contribution in [0.3, 0.4) is 0 Å². The number of aromatic nitrogens is 2. The summed E-state index contributed by atoms with van der Waals surface area (Å²) < 4.78 is 0. The average molecular weight is 204 g/mol. The van der Waals surface area contributed by atoms with E-state index in [1.54, 1.807) is 0 Å². The predicted octanol–water partition coefficient (Wildman–Crippen LogP) is 3.79. The first-order valence-electron chi connectivity index (χ1n) is 5.69. The molecule has 0 radical (unpaired) electrons. The molecule has 2 nitrogen and oxygen atoms in total. The highest BCUT2D eigenvalue weighted by Crippen LogP contribution is 2.12. The van der Waals surface area contributed by atoms with Crippen LogP contribution in [0.15, 0.2) is 24.3 Å². The van der Waals surface area contributed by atoms with Crippen LogP contribution in [0.1, 0.15) is 33.5 Å². The molecule has 0 unspecified atom stereocenters. The highest BCUT2D eigenvalue weighted by molar-refractivity contribution is 5.74. The summed E-state index contributed by atoms with van der Waals surface area (Å²) in [6, 6.07) is 8.14. The van der Waals surface area contributed by atoms with Gasteiger partial charge in [-0.15, -0.1) is 0 Å². The van der Waals surface area contributed by atoms with Gasteiger partial charge in [0, 0.05) is 6.42 Å². The summed E-state index contributed by atoms with van der Waals surface area (Å²) in [5.41, 5.74) is 2.20. The summed E-state index contributed by atoms with van der Waals surface area (Å²) in [6.45, 7) is 8.40. The number of hydrogen-bond acceptors (Lipinski definition) is 1. The molecule has 1 N–H and O–H groups in total. The van der Waals surface area contributed by atoms with Crippen molar-refractivity contribution in [2.45, 2.75) is 34.1 Å². The van der Waals surface area contributed by atoms with Crippen LogP contribution in [0.2, 0.25) is 0 Å². The largest absolute Gasteiger partial charge is 0.342 e. The standard InChI is InChI=1S/C11H14N2.C2H6/c1-8(2)7-11-12-9-5-3-4-6-10(9)13-11;1-2/h3-6,8H,7H2,1-2H3,(H,12,13);1-2H3. The molecule has 0 aliphatic rings. The van der Waals surface area contributed by atoms with E-state index >= 15 is 0 Å². The minimum atomic E-state index is 0.653. The lowest BCUT2D eigenvalue weighted by molar-refractivity contribution is 0.627. The van der Waals surface area contributed by atoms with Gasteiger partial charge in [0.15, 0.2) is 0 Å². The molecule has 2 aromatic rings. The van der Waals surface area contributed by atoms with Gasteiger partial charge in [0.1, 0.15) is 5.82 Å². The maximum Gasteiger partial charge on any atom is 0.107 e. The fourth-order valence-electron chi connectivity index (χ4n) is 1.49. The maximum atomic E-state index is 4.50. The summed E-state index contributed by atoms with van der Waals surface area (Å²) >= 11 is 0. The van der Waals surface area contributed by atoms with E-state index in [4.69, 9.17) is 0 Å². The molecule has 82 valence electrons. The Bertz CT molecular complexity index is 369. The summed E-state index contributed by atoms with van der Waals surface area (Å²) in [7, 11) is 0. The Morgan fingerprint density at radius 3 is 2.47 bits per heavy atom. The van der Waals surface area contributed by atoms with Crippen LogP contribution in [0, 0.1) is 5.92 Å². The number of benzene rings is 1. The quantitative estimate of drug-likeness (QED) is 0.792. The summed E-state index contributed by atoms with van der Waals surface area (Å²) in [5, 5.41) is 0. The molecule has 0 saturated carbocycles. The molecule has 1 heterocycles. The van der Waals surface area contributed by atoms with Crippen LogP contribution < -0.4 is 0 Å². The first-order chi connectivity index (χ1) is 7.25. The van der Waals surface area contributed by atoms with Gasteiger partial charge in [-0.25, -0.2) is 4.98 Å². The molecule has 2 rings (SSSR count).